The summed E-state index contributed by atoms with van der Waals surface area (Å²) in [5.41, 5.74) is 1.44. The van der Waals surface area contributed by atoms with Gasteiger partial charge in [-0.05, 0) is 52.5 Å². The van der Waals surface area contributed by atoms with Crippen LogP contribution in [-0.2, 0) is 0 Å². The Balaban J connectivity index is 1.95. The lowest BCUT2D eigenvalue weighted by atomic mass is 9.83. The summed E-state index contributed by atoms with van der Waals surface area (Å²) >= 11 is 0. The Labute approximate surface area is 119 Å². The third-order valence-corrected chi connectivity index (χ3v) is 4.98. The van der Waals surface area contributed by atoms with E-state index >= 15 is 0 Å². The van der Waals surface area contributed by atoms with Crippen molar-refractivity contribution in [1.29, 1.82) is 0 Å². The van der Waals surface area contributed by atoms with Crippen molar-refractivity contribution in [2.45, 2.75) is 71.4 Å². The zero-order valence-electron chi connectivity index (χ0n) is 13.1. The van der Waals surface area contributed by atoms with Crippen LogP contribution in [0.1, 0.15) is 59.3 Å². The topological polar surface area (TPSA) is 15.3 Å². The van der Waals surface area contributed by atoms with Crippen molar-refractivity contribution in [3.63, 3.8) is 0 Å². The van der Waals surface area contributed by atoms with Gasteiger partial charge in [-0.25, -0.2) is 0 Å². The lowest BCUT2D eigenvalue weighted by molar-refractivity contribution is 0.186. The Bertz CT molecular complexity index is 288. The molecule has 0 aromatic heterocycles. The second-order valence-electron chi connectivity index (χ2n) is 6.83. The van der Waals surface area contributed by atoms with E-state index in [0.29, 0.717) is 0 Å². The molecule has 1 aliphatic carbocycles. The largest absolute Gasteiger partial charge is 0.312 e. The average molecular weight is 264 g/mol. The molecule has 1 saturated carbocycles. The van der Waals surface area contributed by atoms with Crippen LogP contribution in [-0.4, -0.2) is 36.6 Å². The summed E-state index contributed by atoms with van der Waals surface area (Å²) in [7, 11) is 0. The number of rotatable bonds is 3. The van der Waals surface area contributed by atoms with Crippen molar-refractivity contribution in [2.75, 3.05) is 19.6 Å². The summed E-state index contributed by atoms with van der Waals surface area (Å²) in [6.07, 6.45) is 10.9. The van der Waals surface area contributed by atoms with E-state index < -0.39 is 0 Å². The maximum atomic E-state index is 3.84. The number of allylic oxidation sites excluding steroid dienone is 1. The van der Waals surface area contributed by atoms with Crippen molar-refractivity contribution in [1.82, 2.24) is 10.2 Å². The van der Waals surface area contributed by atoms with Gasteiger partial charge < -0.3 is 5.32 Å². The van der Waals surface area contributed by atoms with Gasteiger partial charge in [0.1, 0.15) is 0 Å². The lowest BCUT2D eigenvalue weighted by Crippen LogP contribution is -2.45. The maximum absolute atomic E-state index is 3.84. The Kier molecular flexibility index (Phi) is 5.90. The SMILES string of the molecule is CC(C)=CCN1CC(C2CCCCC2)NCCC1C. The highest BCUT2D eigenvalue weighted by molar-refractivity contribution is 4.97. The van der Waals surface area contributed by atoms with Crippen molar-refractivity contribution >= 4 is 0 Å². The fourth-order valence-electron chi connectivity index (χ4n) is 3.56. The summed E-state index contributed by atoms with van der Waals surface area (Å²) in [4.78, 5) is 2.69. The molecule has 2 unspecified atom stereocenters. The quantitative estimate of drug-likeness (QED) is 0.784. The van der Waals surface area contributed by atoms with Gasteiger partial charge in [0.15, 0.2) is 0 Å². The average Bonchev–Trinajstić information content (AvgIpc) is 2.59. The van der Waals surface area contributed by atoms with Crippen LogP contribution in [0.25, 0.3) is 0 Å². The van der Waals surface area contributed by atoms with E-state index in [2.05, 4.69) is 37.1 Å². The molecule has 2 nitrogen and oxygen atoms in total. The van der Waals surface area contributed by atoms with E-state index in [0.717, 1.165) is 24.5 Å². The van der Waals surface area contributed by atoms with Crippen LogP contribution in [0.5, 0.6) is 0 Å². The standard InChI is InChI=1S/C17H32N2/c1-14(2)10-12-19-13-17(18-11-9-15(19)3)16-7-5-4-6-8-16/h10,15-18H,4-9,11-13H2,1-3H3. The van der Waals surface area contributed by atoms with Gasteiger partial charge in [0.05, 0.1) is 0 Å². The molecule has 0 aromatic carbocycles. The Morgan fingerprint density at radius 3 is 2.58 bits per heavy atom. The number of hydrogen-bond acceptors (Lipinski definition) is 2. The van der Waals surface area contributed by atoms with Gasteiger partial charge in [-0.15, -0.1) is 0 Å². The second-order valence-corrected chi connectivity index (χ2v) is 6.83. The monoisotopic (exact) mass is 264 g/mol. The zero-order chi connectivity index (χ0) is 13.7. The van der Waals surface area contributed by atoms with E-state index in [-0.39, 0.29) is 0 Å². The predicted molar refractivity (Wildman–Crippen MR) is 83.4 cm³/mol. The normalized spacial score (nSPS) is 30.9. The second kappa shape index (κ2) is 7.44. The van der Waals surface area contributed by atoms with Crippen molar-refractivity contribution in [2.24, 2.45) is 5.92 Å². The fraction of sp³-hybridized carbons (Fsp3) is 0.882. The van der Waals surface area contributed by atoms with Gasteiger partial charge >= 0.3 is 0 Å². The van der Waals surface area contributed by atoms with E-state index in [1.54, 1.807) is 0 Å². The summed E-state index contributed by atoms with van der Waals surface area (Å²) in [5.74, 6) is 0.924. The highest BCUT2D eigenvalue weighted by Gasteiger charge is 2.28. The molecule has 2 atom stereocenters. The minimum atomic E-state index is 0.719. The van der Waals surface area contributed by atoms with Gasteiger partial charge in [0.25, 0.3) is 0 Å². The minimum absolute atomic E-state index is 0.719. The first-order valence-electron chi connectivity index (χ1n) is 8.27. The number of nitrogens with zero attached hydrogens (tertiary/aromatic N) is 1. The smallest absolute Gasteiger partial charge is 0.0223 e. The third-order valence-electron chi connectivity index (χ3n) is 4.98. The number of nitrogens with one attached hydrogen (secondary N) is 1. The van der Waals surface area contributed by atoms with Crippen LogP contribution in [0, 0.1) is 5.92 Å². The predicted octanol–water partition coefficient (Wildman–Crippen LogP) is 3.59. The van der Waals surface area contributed by atoms with Crippen molar-refractivity contribution < 1.29 is 0 Å². The molecule has 2 heteroatoms. The zero-order valence-corrected chi connectivity index (χ0v) is 13.1. The Morgan fingerprint density at radius 2 is 1.89 bits per heavy atom. The summed E-state index contributed by atoms with van der Waals surface area (Å²) in [5, 5.41) is 3.84. The van der Waals surface area contributed by atoms with Gasteiger partial charge in [0, 0.05) is 25.2 Å². The van der Waals surface area contributed by atoms with Gasteiger partial charge in [0.2, 0.25) is 0 Å². The maximum Gasteiger partial charge on any atom is 0.0223 e. The molecular weight excluding hydrogens is 232 g/mol. The first kappa shape index (κ1) is 15.1. The highest BCUT2D eigenvalue weighted by atomic mass is 15.2. The minimum Gasteiger partial charge on any atom is -0.312 e. The van der Waals surface area contributed by atoms with Crippen LogP contribution in [0.3, 0.4) is 0 Å². The molecule has 0 amide bonds. The van der Waals surface area contributed by atoms with Gasteiger partial charge in [-0.1, -0.05) is 30.9 Å². The fourth-order valence-corrected chi connectivity index (χ4v) is 3.56. The van der Waals surface area contributed by atoms with Crippen LogP contribution < -0.4 is 5.32 Å². The van der Waals surface area contributed by atoms with Gasteiger partial charge in [-0.2, -0.15) is 0 Å². The van der Waals surface area contributed by atoms with Crippen molar-refractivity contribution in [3.05, 3.63) is 11.6 Å². The van der Waals surface area contributed by atoms with E-state index in [1.165, 1.54) is 57.2 Å². The van der Waals surface area contributed by atoms with Crippen LogP contribution in [0.15, 0.2) is 11.6 Å². The Hall–Kier alpha value is -0.340. The molecule has 19 heavy (non-hydrogen) atoms. The molecule has 1 heterocycles. The summed E-state index contributed by atoms with van der Waals surface area (Å²) < 4.78 is 0. The highest BCUT2D eigenvalue weighted by Crippen LogP contribution is 2.28. The van der Waals surface area contributed by atoms with E-state index in [4.69, 9.17) is 0 Å². The van der Waals surface area contributed by atoms with E-state index in [9.17, 15) is 0 Å². The van der Waals surface area contributed by atoms with Gasteiger partial charge in [-0.3, -0.25) is 4.90 Å². The first-order valence-corrected chi connectivity index (χ1v) is 8.27. The molecule has 0 aromatic rings. The van der Waals surface area contributed by atoms with Crippen molar-refractivity contribution in [3.8, 4) is 0 Å². The van der Waals surface area contributed by atoms with Crippen LogP contribution in [0.4, 0.5) is 0 Å². The summed E-state index contributed by atoms with van der Waals surface area (Å²) in [6, 6.07) is 1.45. The number of hydrogen-bond donors (Lipinski definition) is 1. The molecule has 1 N–H and O–H groups in total. The molecule has 2 fully saturated rings. The molecule has 0 spiro atoms. The summed E-state index contributed by atoms with van der Waals surface area (Å²) in [6.45, 7) is 10.4. The molecule has 0 radical (unpaired) electrons. The van der Waals surface area contributed by atoms with E-state index in [1.807, 2.05) is 0 Å². The molecule has 0 bridgehead atoms. The molecule has 2 rings (SSSR count). The molecule has 1 aliphatic heterocycles. The molecular formula is C17H32N2. The first-order chi connectivity index (χ1) is 9.16. The molecule has 110 valence electrons. The molecule has 1 saturated heterocycles. The van der Waals surface area contributed by atoms with Crippen LogP contribution in [0.2, 0.25) is 0 Å². The lowest BCUT2D eigenvalue weighted by Gasteiger charge is -2.34. The third kappa shape index (κ3) is 4.61. The molecule has 2 aliphatic rings. The van der Waals surface area contributed by atoms with Crippen LogP contribution >= 0.6 is 0 Å². The Morgan fingerprint density at radius 1 is 1.16 bits per heavy atom.